The summed E-state index contributed by atoms with van der Waals surface area (Å²) < 4.78 is 16.3. The fourth-order valence-corrected chi connectivity index (χ4v) is 1.97. The number of rotatable bonds is 2. The monoisotopic (exact) mass is 202 g/mol. The van der Waals surface area contributed by atoms with E-state index >= 15 is 0 Å². The molecule has 0 saturated carbocycles. The molecule has 2 unspecified atom stereocenters. The van der Waals surface area contributed by atoms with Crippen molar-refractivity contribution in [3.8, 4) is 0 Å². The molecule has 0 radical (unpaired) electrons. The van der Waals surface area contributed by atoms with Gasteiger partial charge >= 0.3 is 0 Å². The van der Waals surface area contributed by atoms with Crippen LogP contribution in [0.3, 0.4) is 0 Å². The van der Waals surface area contributed by atoms with Crippen LogP contribution >= 0.6 is 0 Å². The van der Waals surface area contributed by atoms with Gasteiger partial charge in [-0.1, -0.05) is 0 Å². The molecule has 2 rings (SSSR count). The van der Waals surface area contributed by atoms with Crippen LogP contribution in [0.1, 0.15) is 13.8 Å². The Morgan fingerprint density at radius 1 is 1.36 bits per heavy atom. The van der Waals surface area contributed by atoms with Gasteiger partial charge < -0.3 is 24.1 Å². The highest BCUT2D eigenvalue weighted by Crippen LogP contribution is 2.37. The summed E-state index contributed by atoms with van der Waals surface area (Å²) in [5.74, 6) is -0.701. The highest BCUT2D eigenvalue weighted by atomic mass is 16.8. The predicted molar refractivity (Wildman–Crippen MR) is 45.6 cm³/mol. The molecule has 80 valence electrons. The molecule has 0 aromatic carbocycles. The summed E-state index contributed by atoms with van der Waals surface area (Å²) in [6.07, 6.45) is -1.13. The van der Waals surface area contributed by atoms with Crippen LogP contribution < -0.4 is 0 Å². The predicted octanol–water partition coefficient (Wildman–Crippen LogP) is -0.535. The number of hydrogen-bond acceptors (Lipinski definition) is 5. The zero-order valence-corrected chi connectivity index (χ0v) is 8.17. The fourth-order valence-electron chi connectivity index (χ4n) is 1.97. The maximum atomic E-state index is 10.7. The number of aldehydes is 1. The summed E-state index contributed by atoms with van der Waals surface area (Å²) in [7, 11) is 0. The lowest BCUT2D eigenvalue weighted by Gasteiger charge is -2.21. The van der Waals surface area contributed by atoms with E-state index in [-0.39, 0.29) is 18.8 Å². The summed E-state index contributed by atoms with van der Waals surface area (Å²) in [6.45, 7) is 3.40. The molecule has 0 aromatic heterocycles. The third-order valence-electron chi connectivity index (χ3n) is 2.50. The SMILES string of the molecule is CC1(C)OC2C(O1)[C@@H](CO)O[C@@H]2C=O. The van der Waals surface area contributed by atoms with Crippen molar-refractivity contribution in [3.63, 3.8) is 0 Å². The van der Waals surface area contributed by atoms with Crippen molar-refractivity contribution in [2.75, 3.05) is 6.61 Å². The molecule has 2 aliphatic rings. The molecular weight excluding hydrogens is 188 g/mol. The van der Waals surface area contributed by atoms with Crippen molar-refractivity contribution in [2.45, 2.75) is 44.1 Å². The molecule has 0 spiro atoms. The van der Waals surface area contributed by atoms with Gasteiger partial charge in [0.15, 0.2) is 12.1 Å². The largest absolute Gasteiger partial charge is 0.394 e. The average molecular weight is 202 g/mol. The summed E-state index contributed by atoms with van der Waals surface area (Å²) in [5.41, 5.74) is 0. The van der Waals surface area contributed by atoms with Gasteiger partial charge in [-0.25, -0.2) is 0 Å². The Kier molecular flexibility index (Phi) is 2.35. The second kappa shape index (κ2) is 3.27. The Morgan fingerprint density at radius 2 is 2.00 bits per heavy atom. The first kappa shape index (κ1) is 10.0. The number of ether oxygens (including phenoxy) is 3. The van der Waals surface area contributed by atoms with Gasteiger partial charge in [-0.3, -0.25) is 0 Å². The van der Waals surface area contributed by atoms with Crippen LogP contribution in [0.5, 0.6) is 0 Å². The Hall–Kier alpha value is -0.490. The van der Waals surface area contributed by atoms with Gasteiger partial charge in [-0.2, -0.15) is 0 Å². The lowest BCUT2D eigenvalue weighted by Crippen LogP contribution is -2.31. The van der Waals surface area contributed by atoms with Crippen LogP contribution in [0.25, 0.3) is 0 Å². The lowest BCUT2D eigenvalue weighted by molar-refractivity contribution is -0.188. The zero-order valence-electron chi connectivity index (χ0n) is 8.17. The minimum atomic E-state index is -0.701. The molecule has 0 aromatic rings. The van der Waals surface area contributed by atoms with Crippen LogP contribution in [-0.4, -0.2) is 48.2 Å². The molecule has 2 aliphatic heterocycles. The summed E-state index contributed by atoms with van der Waals surface area (Å²) in [6, 6.07) is 0. The molecule has 2 saturated heterocycles. The summed E-state index contributed by atoms with van der Waals surface area (Å²) in [5, 5.41) is 9.02. The smallest absolute Gasteiger partial charge is 0.164 e. The molecule has 0 amide bonds. The third kappa shape index (κ3) is 1.46. The van der Waals surface area contributed by atoms with Crippen molar-refractivity contribution in [2.24, 2.45) is 0 Å². The minimum absolute atomic E-state index is 0.162. The molecule has 4 atom stereocenters. The standard InChI is InChI=1S/C9H14O5/c1-9(2)13-7-5(3-10)12-6(4-11)8(7)14-9/h3,5-8,11H,4H2,1-2H3/t5-,6-,7?,8?/m1/s1. The normalized spacial score (nSPS) is 45.1. The maximum absolute atomic E-state index is 10.7. The highest BCUT2D eigenvalue weighted by molar-refractivity contribution is 5.58. The third-order valence-corrected chi connectivity index (χ3v) is 2.50. The number of aliphatic hydroxyl groups excluding tert-OH is 1. The van der Waals surface area contributed by atoms with Crippen LogP contribution in [0.2, 0.25) is 0 Å². The van der Waals surface area contributed by atoms with Gasteiger partial charge in [0.1, 0.15) is 24.4 Å². The van der Waals surface area contributed by atoms with E-state index in [0.29, 0.717) is 6.29 Å². The second-order valence-electron chi connectivity index (χ2n) is 4.02. The van der Waals surface area contributed by atoms with E-state index in [1.807, 2.05) is 0 Å². The minimum Gasteiger partial charge on any atom is -0.394 e. The first-order chi connectivity index (χ1) is 6.57. The van der Waals surface area contributed by atoms with Crippen LogP contribution in [0, 0.1) is 0 Å². The number of aliphatic hydroxyl groups is 1. The average Bonchev–Trinajstić information content (AvgIpc) is 2.57. The van der Waals surface area contributed by atoms with Crippen LogP contribution in [-0.2, 0) is 19.0 Å². The molecule has 0 aliphatic carbocycles. The second-order valence-corrected chi connectivity index (χ2v) is 4.02. The summed E-state index contributed by atoms with van der Waals surface area (Å²) >= 11 is 0. The van der Waals surface area contributed by atoms with Crippen molar-refractivity contribution in [1.82, 2.24) is 0 Å². The summed E-state index contributed by atoms with van der Waals surface area (Å²) in [4.78, 5) is 10.7. The molecule has 14 heavy (non-hydrogen) atoms. The Labute approximate surface area is 81.9 Å². The van der Waals surface area contributed by atoms with Gasteiger partial charge in [0.2, 0.25) is 0 Å². The number of carbonyl (C=O) groups excluding carboxylic acids is 1. The van der Waals surface area contributed by atoms with Crippen molar-refractivity contribution in [1.29, 1.82) is 0 Å². The topological polar surface area (TPSA) is 65.0 Å². The molecule has 1 N–H and O–H groups in total. The van der Waals surface area contributed by atoms with Crippen molar-refractivity contribution < 1.29 is 24.1 Å². The van der Waals surface area contributed by atoms with Gasteiger partial charge in [0.05, 0.1) is 6.61 Å². The first-order valence-electron chi connectivity index (χ1n) is 4.64. The molecule has 5 heteroatoms. The van der Waals surface area contributed by atoms with E-state index in [4.69, 9.17) is 19.3 Å². The van der Waals surface area contributed by atoms with Crippen molar-refractivity contribution >= 4 is 6.29 Å². The number of fused-ring (bicyclic) bond motifs is 1. The molecule has 0 bridgehead atoms. The van der Waals surface area contributed by atoms with Gasteiger partial charge in [-0.15, -0.1) is 0 Å². The number of carbonyl (C=O) groups is 1. The van der Waals surface area contributed by atoms with E-state index in [0.717, 1.165) is 0 Å². The molecule has 2 heterocycles. The Bertz CT molecular complexity index is 239. The fraction of sp³-hybridized carbons (Fsp3) is 0.889. The van der Waals surface area contributed by atoms with Gasteiger partial charge in [-0.05, 0) is 13.8 Å². The van der Waals surface area contributed by atoms with E-state index in [1.165, 1.54) is 0 Å². The van der Waals surface area contributed by atoms with Crippen molar-refractivity contribution in [3.05, 3.63) is 0 Å². The maximum Gasteiger partial charge on any atom is 0.164 e. The zero-order chi connectivity index (χ0) is 10.3. The quantitative estimate of drug-likeness (QED) is 0.609. The molecule has 2 fully saturated rings. The van der Waals surface area contributed by atoms with Crippen LogP contribution in [0.15, 0.2) is 0 Å². The van der Waals surface area contributed by atoms with E-state index in [1.54, 1.807) is 13.8 Å². The Balaban J connectivity index is 2.16. The Morgan fingerprint density at radius 3 is 2.57 bits per heavy atom. The van der Waals surface area contributed by atoms with Crippen LogP contribution in [0.4, 0.5) is 0 Å². The highest BCUT2D eigenvalue weighted by Gasteiger charge is 2.54. The van der Waals surface area contributed by atoms with Gasteiger partial charge in [0, 0.05) is 0 Å². The number of hydrogen-bond donors (Lipinski definition) is 1. The first-order valence-corrected chi connectivity index (χ1v) is 4.64. The molecule has 5 nitrogen and oxygen atoms in total. The lowest BCUT2D eigenvalue weighted by atomic mass is 10.1. The van der Waals surface area contributed by atoms with E-state index in [9.17, 15) is 4.79 Å². The van der Waals surface area contributed by atoms with Gasteiger partial charge in [0.25, 0.3) is 0 Å². The van der Waals surface area contributed by atoms with E-state index < -0.39 is 18.0 Å². The molecular formula is C9H14O5. The van der Waals surface area contributed by atoms with E-state index in [2.05, 4.69) is 0 Å².